The molecule has 100 valence electrons. The summed E-state index contributed by atoms with van der Waals surface area (Å²) in [6, 6.07) is 15.5. The maximum atomic E-state index is 10.3. The highest BCUT2D eigenvalue weighted by Crippen LogP contribution is 2.20. The molecule has 2 heterocycles. The molecule has 0 bridgehead atoms. The molecule has 4 heteroatoms. The van der Waals surface area contributed by atoms with Gasteiger partial charge in [-0.15, -0.1) is 0 Å². The quantitative estimate of drug-likeness (QED) is 0.797. The Bertz CT molecular complexity index is 728. The molecule has 20 heavy (non-hydrogen) atoms. The van der Waals surface area contributed by atoms with Gasteiger partial charge >= 0.3 is 0 Å². The van der Waals surface area contributed by atoms with Crippen molar-refractivity contribution in [3.05, 3.63) is 70.6 Å². The lowest BCUT2D eigenvalue weighted by Gasteiger charge is -2.10. The van der Waals surface area contributed by atoms with Gasteiger partial charge < -0.3 is 5.11 Å². The number of hydrogen-bond acceptors (Lipinski definition) is 3. The second-order valence-corrected chi connectivity index (χ2v) is 5.53. The zero-order valence-electron chi connectivity index (χ0n) is 10.7. The summed E-state index contributed by atoms with van der Waals surface area (Å²) in [4.78, 5) is 8.77. The van der Waals surface area contributed by atoms with E-state index in [1.807, 2.05) is 48.5 Å². The van der Waals surface area contributed by atoms with Gasteiger partial charge in [0.05, 0.1) is 11.2 Å². The molecule has 1 unspecified atom stereocenters. The molecule has 1 aromatic carbocycles. The molecule has 0 amide bonds. The van der Waals surface area contributed by atoms with Crippen LogP contribution in [0.25, 0.3) is 10.9 Å². The number of hydrogen-bond donors (Lipinski definition) is 1. The van der Waals surface area contributed by atoms with Crippen molar-refractivity contribution in [1.29, 1.82) is 0 Å². The molecular formula is C16H13BrN2O. The highest BCUT2D eigenvalue weighted by atomic mass is 79.9. The van der Waals surface area contributed by atoms with Gasteiger partial charge in [-0.1, -0.05) is 24.3 Å². The number of pyridine rings is 2. The van der Waals surface area contributed by atoms with Crippen molar-refractivity contribution >= 4 is 26.8 Å². The first-order valence-corrected chi connectivity index (χ1v) is 7.16. The fourth-order valence-corrected chi connectivity index (χ4v) is 2.33. The molecule has 0 saturated heterocycles. The molecule has 3 aromatic rings. The Kier molecular flexibility index (Phi) is 3.76. The summed E-state index contributed by atoms with van der Waals surface area (Å²) in [6.45, 7) is 0. The number of benzene rings is 1. The minimum Gasteiger partial charge on any atom is -0.386 e. The van der Waals surface area contributed by atoms with Crippen LogP contribution in [0.5, 0.6) is 0 Å². The number of rotatable bonds is 3. The summed E-state index contributed by atoms with van der Waals surface area (Å²) in [5, 5.41) is 11.4. The summed E-state index contributed by atoms with van der Waals surface area (Å²) < 4.78 is 0.930. The molecule has 0 radical (unpaired) electrons. The van der Waals surface area contributed by atoms with Crippen LogP contribution in [-0.4, -0.2) is 15.1 Å². The van der Waals surface area contributed by atoms with E-state index in [0.717, 1.165) is 21.1 Å². The third kappa shape index (κ3) is 2.86. The number of aromatic nitrogens is 2. The number of aliphatic hydroxyl groups excluding tert-OH is 1. The van der Waals surface area contributed by atoms with E-state index in [-0.39, 0.29) is 0 Å². The monoisotopic (exact) mass is 328 g/mol. The lowest BCUT2D eigenvalue weighted by molar-refractivity contribution is 0.173. The van der Waals surface area contributed by atoms with Crippen LogP contribution in [0, 0.1) is 0 Å². The van der Waals surface area contributed by atoms with Gasteiger partial charge in [0.25, 0.3) is 0 Å². The maximum Gasteiger partial charge on any atom is 0.101 e. The highest BCUT2D eigenvalue weighted by molar-refractivity contribution is 9.10. The molecule has 0 aliphatic rings. The van der Waals surface area contributed by atoms with Gasteiger partial charge in [-0.25, -0.2) is 0 Å². The van der Waals surface area contributed by atoms with E-state index in [1.165, 1.54) is 0 Å². The number of para-hydroxylation sites is 1. The molecule has 3 rings (SSSR count). The third-order valence-corrected chi connectivity index (χ3v) is 3.62. The Labute approximate surface area is 125 Å². The standard InChI is InChI=1S/C16H13BrN2O/c17-12-6-7-13(18-10-12)9-16(20)15-8-5-11-3-1-2-4-14(11)19-15/h1-8,10,16,20H,9H2. The molecule has 0 spiro atoms. The van der Waals surface area contributed by atoms with Crippen molar-refractivity contribution in [2.24, 2.45) is 0 Å². The summed E-state index contributed by atoms with van der Waals surface area (Å²) in [5.41, 5.74) is 2.41. The molecule has 0 aliphatic carbocycles. The second-order valence-electron chi connectivity index (χ2n) is 4.62. The van der Waals surface area contributed by atoms with Gasteiger partial charge in [-0.05, 0) is 40.2 Å². The summed E-state index contributed by atoms with van der Waals surface area (Å²) >= 11 is 3.35. The third-order valence-electron chi connectivity index (χ3n) is 3.15. The second kappa shape index (κ2) is 5.69. The average Bonchev–Trinajstić information content (AvgIpc) is 2.49. The summed E-state index contributed by atoms with van der Waals surface area (Å²) in [5.74, 6) is 0. The number of fused-ring (bicyclic) bond motifs is 1. The fourth-order valence-electron chi connectivity index (χ4n) is 2.10. The van der Waals surface area contributed by atoms with Gasteiger partial charge in [-0.2, -0.15) is 0 Å². The van der Waals surface area contributed by atoms with Crippen molar-refractivity contribution < 1.29 is 5.11 Å². The summed E-state index contributed by atoms with van der Waals surface area (Å²) in [6.07, 6.45) is 1.54. The zero-order valence-corrected chi connectivity index (χ0v) is 12.3. The first kappa shape index (κ1) is 13.2. The van der Waals surface area contributed by atoms with Crippen LogP contribution >= 0.6 is 15.9 Å². The SMILES string of the molecule is OC(Cc1ccc(Br)cn1)c1ccc2ccccc2n1. The Morgan fingerprint density at radius 2 is 1.90 bits per heavy atom. The van der Waals surface area contributed by atoms with Crippen LogP contribution in [0.15, 0.2) is 59.2 Å². The smallest absolute Gasteiger partial charge is 0.101 e. The molecule has 0 saturated carbocycles. The first-order chi connectivity index (χ1) is 9.72. The van der Waals surface area contributed by atoms with Crippen LogP contribution in [0.2, 0.25) is 0 Å². The number of nitrogens with zero attached hydrogens (tertiary/aromatic N) is 2. The van der Waals surface area contributed by atoms with Gasteiger partial charge in [0.15, 0.2) is 0 Å². The van der Waals surface area contributed by atoms with Gasteiger partial charge in [-0.3, -0.25) is 9.97 Å². The van der Waals surface area contributed by atoms with E-state index in [1.54, 1.807) is 6.20 Å². The van der Waals surface area contributed by atoms with Crippen molar-refractivity contribution in [3.8, 4) is 0 Å². The van der Waals surface area contributed by atoms with Crippen molar-refractivity contribution in [3.63, 3.8) is 0 Å². The Balaban J connectivity index is 1.84. The Morgan fingerprint density at radius 1 is 1.05 bits per heavy atom. The van der Waals surface area contributed by atoms with Crippen LogP contribution < -0.4 is 0 Å². The predicted molar refractivity (Wildman–Crippen MR) is 82.3 cm³/mol. The van der Waals surface area contributed by atoms with E-state index in [4.69, 9.17) is 0 Å². The Morgan fingerprint density at radius 3 is 2.70 bits per heavy atom. The molecule has 0 aliphatic heterocycles. The van der Waals surface area contributed by atoms with Crippen molar-refractivity contribution in [2.45, 2.75) is 12.5 Å². The van der Waals surface area contributed by atoms with E-state index < -0.39 is 6.10 Å². The van der Waals surface area contributed by atoms with E-state index in [9.17, 15) is 5.11 Å². The minimum absolute atomic E-state index is 0.457. The van der Waals surface area contributed by atoms with E-state index >= 15 is 0 Å². The topological polar surface area (TPSA) is 46.0 Å². The minimum atomic E-state index is -0.645. The van der Waals surface area contributed by atoms with Gasteiger partial charge in [0.2, 0.25) is 0 Å². The summed E-state index contributed by atoms with van der Waals surface area (Å²) in [7, 11) is 0. The maximum absolute atomic E-state index is 10.3. The zero-order chi connectivity index (χ0) is 13.9. The molecule has 0 fully saturated rings. The highest BCUT2D eigenvalue weighted by Gasteiger charge is 2.11. The van der Waals surface area contributed by atoms with Crippen LogP contribution in [-0.2, 0) is 6.42 Å². The van der Waals surface area contributed by atoms with E-state index in [2.05, 4.69) is 25.9 Å². The lowest BCUT2D eigenvalue weighted by Crippen LogP contribution is -2.05. The molecule has 1 N–H and O–H groups in total. The number of aliphatic hydroxyl groups is 1. The van der Waals surface area contributed by atoms with Crippen molar-refractivity contribution in [1.82, 2.24) is 9.97 Å². The predicted octanol–water partition coefficient (Wildman–Crippen LogP) is 3.67. The number of halogens is 1. The fraction of sp³-hybridized carbons (Fsp3) is 0.125. The van der Waals surface area contributed by atoms with Gasteiger partial charge in [0, 0.05) is 28.2 Å². The van der Waals surface area contributed by atoms with E-state index in [0.29, 0.717) is 12.1 Å². The normalized spacial score (nSPS) is 12.5. The van der Waals surface area contributed by atoms with Crippen molar-refractivity contribution in [2.75, 3.05) is 0 Å². The molecule has 1 atom stereocenters. The first-order valence-electron chi connectivity index (χ1n) is 6.36. The molecule has 3 nitrogen and oxygen atoms in total. The Hall–Kier alpha value is -1.78. The largest absolute Gasteiger partial charge is 0.386 e. The molecule has 2 aromatic heterocycles. The average molecular weight is 329 g/mol. The van der Waals surface area contributed by atoms with Crippen LogP contribution in [0.3, 0.4) is 0 Å². The van der Waals surface area contributed by atoms with Crippen LogP contribution in [0.1, 0.15) is 17.5 Å². The molecular weight excluding hydrogens is 316 g/mol. The van der Waals surface area contributed by atoms with Crippen LogP contribution in [0.4, 0.5) is 0 Å². The lowest BCUT2D eigenvalue weighted by atomic mass is 10.1. The van der Waals surface area contributed by atoms with Gasteiger partial charge in [0.1, 0.15) is 6.10 Å².